The number of benzene rings is 1. The molecule has 1 aromatic heterocycles. The Labute approximate surface area is 119 Å². The molecule has 1 fully saturated rings. The first-order chi connectivity index (χ1) is 9.20. The highest BCUT2D eigenvalue weighted by molar-refractivity contribution is 9.10. The molecule has 1 aliphatic heterocycles. The van der Waals surface area contributed by atoms with Gasteiger partial charge in [0.2, 0.25) is 0 Å². The average molecular weight is 323 g/mol. The molecule has 0 spiro atoms. The van der Waals surface area contributed by atoms with Crippen molar-refractivity contribution in [2.75, 3.05) is 19.6 Å². The minimum absolute atomic E-state index is 0.0305. The highest BCUT2D eigenvalue weighted by atomic mass is 79.9. The van der Waals surface area contributed by atoms with Crippen molar-refractivity contribution in [1.82, 2.24) is 10.2 Å². The lowest BCUT2D eigenvalue weighted by atomic mass is 10.1. The van der Waals surface area contributed by atoms with Crippen molar-refractivity contribution in [3.8, 4) is 0 Å². The SMILES string of the molecule is CCN(C(=O)c1cc2cccc(Br)c2o1)C1CNC1. The largest absolute Gasteiger partial charge is 0.450 e. The van der Waals surface area contributed by atoms with Crippen LogP contribution in [-0.2, 0) is 0 Å². The van der Waals surface area contributed by atoms with Crippen LogP contribution in [0.2, 0.25) is 0 Å². The van der Waals surface area contributed by atoms with Gasteiger partial charge in [0.25, 0.3) is 5.91 Å². The van der Waals surface area contributed by atoms with Crippen LogP contribution in [0.25, 0.3) is 11.0 Å². The van der Waals surface area contributed by atoms with Crippen molar-refractivity contribution in [3.63, 3.8) is 0 Å². The smallest absolute Gasteiger partial charge is 0.289 e. The number of nitrogens with zero attached hydrogens (tertiary/aromatic N) is 1. The van der Waals surface area contributed by atoms with Crippen molar-refractivity contribution in [2.24, 2.45) is 0 Å². The maximum Gasteiger partial charge on any atom is 0.289 e. The average Bonchev–Trinajstić information content (AvgIpc) is 2.78. The first kappa shape index (κ1) is 12.7. The molecule has 5 heteroatoms. The number of fused-ring (bicyclic) bond motifs is 1. The van der Waals surface area contributed by atoms with Crippen molar-refractivity contribution < 1.29 is 9.21 Å². The van der Waals surface area contributed by atoms with Gasteiger partial charge in [-0.1, -0.05) is 12.1 Å². The van der Waals surface area contributed by atoms with Gasteiger partial charge < -0.3 is 14.6 Å². The van der Waals surface area contributed by atoms with Gasteiger partial charge in [-0.3, -0.25) is 4.79 Å². The second-order valence-corrected chi connectivity index (χ2v) is 5.53. The molecule has 2 heterocycles. The van der Waals surface area contributed by atoms with E-state index in [1.54, 1.807) is 0 Å². The molecule has 1 N–H and O–H groups in total. The van der Waals surface area contributed by atoms with Gasteiger partial charge in [0.05, 0.1) is 10.5 Å². The van der Waals surface area contributed by atoms with E-state index in [1.165, 1.54) is 0 Å². The predicted octanol–water partition coefficient (Wildman–Crippen LogP) is 2.63. The maximum atomic E-state index is 12.5. The Kier molecular flexibility index (Phi) is 3.33. The molecule has 0 unspecified atom stereocenters. The summed E-state index contributed by atoms with van der Waals surface area (Å²) in [6.45, 7) is 4.42. The van der Waals surface area contributed by atoms with Gasteiger partial charge in [0.15, 0.2) is 5.76 Å². The van der Waals surface area contributed by atoms with Crippen LogP contribution >= 0.6 is 15.9 Å². The molecule has 0 bridgehead atoms. The predicted molar refractivity (Wildman–Crippen MR) is 77.3 cm³/mol. The highest BCUT2D eigenvalue weighted by Gasteiger charge is 2.29. The third-order valence-corrected chi connectivity index (χ3v) is 4.13. The minimum atomic E-state index is -0.0305. The van der Waals surface area contributed by atoms with Crippen molar-refractivity contribution >= 4 is 32.8 Å². The lowest BCUT2D eigenvalue weighted by Gasteiger charge is -2.37. The summed E-state index contributed by atoms with van der Waals surface area (Å²) in [5, 5.41) is 4.13. The second kappa shape index (κ2) is 4.98. The fraction of sp³-hybridized carbons (Fsp3) is 0.357. The number of likely N-dealkylation sites (N-methyl/N-ethyl adjacent to an activating group) is 1. The summed E-state index contributed by atoms with van der Waals surface area (Å²) in [6, 6.07) is 7.89. The molecule has 1 aromatic carbocycles. The van der Waals surface area contributed by atoms with E-state index in [-0.39, 0.29) is 11.9 Å². The lowest BCUT2D eigenvalue weighted by molar-refractivity contribution is 0.0600. The molecule has 2 aromatic rings. The fourth-order valence-corrected chi connectivity index (χ4v) is 2.80. The van der Waals surface area contributed by atoms with Gasteiger partial charge in [-0.25, -0.2) is 0 Å². The number of para-hydroxylation sites is 1. The van der Waals surface area contributed by atoms with E-state index >= 15 is 0 Å². The third kappa shape index (κ3) is 2.17. The van der Waals surface area contributed by atoms with Crippen LogP contribution < -0.4 is 5.32 Å². The zero-order valence-corrected chi connectivity index (χ0v) is 12.2. The van der Waals surface area contributed by atoms with Gasteiger partial charge >= 0.3 is 0 Å². The molecule has 19 heavy (non-hydrogen) atoms. The Morgan fingerprint density at radius 3 is 2.89 bits per heavy atom. The number of carbonyl (C=O) groups excluding carboxylic acids is 1. The Morgan fingerprint density at radius 2 is 2.32 bits per heavy atom. The number of hydrogen-bond acceptors (Lipinski definition) is 3. The highest BCUT2D eigenvalue weighted by Crippen LogP contribution is 2.27. The van der Waals surface area contributed by atoms with Crippen LogP contribution in [0.1, 0.15) is 17.5 Å². The third-order valence-electron chi connectivity index (χ3n) is 3.51. The molecule has 1 saturated heterocycles. The van der Waals surface area contributed by atoms with E-state index in [0.717, 1.165) is 28.5 Å². The molecule has 1 amide bonds. The topological polar surface area (TPSA) is 45.5 Å². The van der Waals surface area contributed by atoms with Gasteiger partial charge in [-0.05, 0) is 35.0 Å². The molecule has 0 saturated carbocycles. The van der Waals surface area contributed by atoms with Crippen LogP contribution in [0.3, 0.4) is 0 Å². The number of halogens is 1. The number of nitrogens with one attached hydrogen (secondary N) is 1. The first-order valence-electron chi connectivity index (χ1n) is 6.40. The molecule has 0 radical (unpaired) electrons. The summed E-state index contributed by atoms with van der Waals surface area (Å²) < 4.78 is 6.58. The number of rotatable bonds is 3. The van der Waals surface area contributed by atoms with Crippen molar-refractivity contribution in [2.45, 2.75) is 13.0 Å². The zero-order valence-electron chi connectivity index (χ0n) is 10.6. The number of amides is 1. The van der Waals surface area contributed by atoms with Gasteiger partial charge in [-0.15, -0.1) is 0 Å². The van der Waals surface area contributed by atoms with Crippen LogP contribution in [-0.4, -0.2) is 36.5 Å². The minimum Gasteiger partial charge on any atom is -0.450 e. The van der Waals surface area contributed by atoms with Crippen LogP contribution in [0.4, 0.5) is 0 Å². The quantitative estimate of drug-likeness (QED) is 0.944. The van der Waals surface area contributed by atoms with Crippen molar-refractivity contribution in [3.05, 3.63) is 34.5 Å². The van der Waals surface area contributed by atoms with Gasteiger partial charge in [0.1, 0.15) is 5.58 Å². The van der Waals surface area contributed by atoms with E-state index in [4.69, 9.17) is 4.42 Å². The summed E-state index contributed by atoms with van der Waals surface area (Å²) in [5.74, 6) is 0.382. The van der Waals surface area contributed by atoms with Crippen LogP contribution in [0.5, 0.6) is 0 Å². The molecule has 100 valence electrons. The second-order valence-electron chi connectivity index (χ2n) is 4.67. The zero-order chi connectivity index (χ0) is 13.4. The lowest BCUT2D eigenvalue weighted by Crippen LogP contribution is -2.58. The summed E-state index contributed by atoms with van der Waals surface area (Å²) >= 11 is 3.44. The Bertz CT molecular complexity index is 619. The van der Waals surface area contributed by atoms with E-state index in [9.17, 15) is 4.79 Å². The van der Waals surface area contributed by atoms with Gasteiger partial charge in [0, 0.05) is 25.0 Å². The van der Waals surface area contributed by atoms with E-state index < -0.39 is 0 Å². The van der Waals surface area contributed by atoms with Crippen molar-refractivity contribution in [1.29, 1.82) is 0 Å². The Morgan fingerprint density at radius 1 is 1.53 bits per heavy atom. The van der Waals surface area contributed by atoms with Crippen LogP contribution in [0.15, 0.2) is 33.2 Å². The summed E-state index contributed by atoms with van der Waals surface area (Å²) in [6.07, 6.45) is 0. The Hall–Kier alpha value is -1.33. The van der Waals surface area contributed by atoms with Crippen LogP contribution in [0, 0.1) is 0 Å². The monoisotopic (exact) mass is 322 g/mol. The molecule has 0 aliphatic carbocycles. The molecular formula is C14H15BrN2O2. The molecule has 4 nitrogen and oxygen atoms in total. The summed E-state index contributed by atoms with van der Waals surface area (Å²) in [4.78, 5) is 14.3. The normalized spacial score (nSPS) is 15.5. The van der Waals surface area contributed by atoms with E-state index in [2.05, 4.69) is 21.2 Å². The van der Waals surface area contributed by atoms with E-state index in [1.807, 2.05) is 36.1 Å². The number of carbonyl (C=O) groups is 1. The van der Waals surface area contributed by atoms with Gasteiger partial charge in [-0.2, -0.15) is 0 Å². The maximum absolute atomic E-state index is 12.5. The Balaban J connectivity index is 1.94. The summed E-state index contributed by atoms with van der Waals surface area (Å²) in [5.41, 5.74) is 0.730. The summed E-state index contributed by atoms with van der Waals surface area (Å²) in [7, 11) is 0. The molecule has 1 aliphatic rings. The number of furan rings is 1. The molecule has 3 rings (SSSR count). The van der Waals surface area contributed by atoms with E-state index in [0.29, 0.717) is 12.3 Å². The first-order valence-corrected chi connectivity index (χ1v) is 7.19. The molecule has 0 atom stereocenters. The standard InChI is InChI=1S/C14H15BrN2O2/c1-2-17(10-7-16-8-10)14(18)12-6-9-4-3-5-11(15)13(9)19-12/h3-6,10,16H,2,7-8H2,1H3. The number of hydrogen-bond donors (Lipinski definition) is 1. The molecular weight excluding hydrogens is 308 g/mol. The fourth-order valence-electron chi connectivity index (χ4n) is 2.34.